The number of benzene rings is 1. The highest BCUT2D eigenvalue weighted by molar-refractivity contribution is 5.68. The molecule has 0 aliphatic heterocycles. The predicted octanol–water partition coefficient (Wildman–Crippen LogP) is 3.28. The van der Waals surface area contributed by atoms with E-state index in [9.17, 15) is 9.18 Å². The van der Waals surface area contributed by atoms with Crippen molar-refractivity contribution in [1.29, 1.82) is 0 Å². The second-order valence-electron chi connectivity index (χ2n) is 5.06. The summed E-state index contributed by atoms with van der Waals surface area (Å²) < 4.78 is 34.3. The van der Waals surface area contributed by atoms with Crippen LogP contribution in [0.3, 0.4) is 0 Å². The third-order valence-corrected chi connectivity index (χ3v) is 3.06. The minimum absolute atomic E-state index is 0.155. The van der Waals surface area contributed by atoms with Crippen LogP contribution in [0, 0.1) is 0 Å². The predicted molar refractivity (Wildman–Crippen MR) is 93.9 cm³/mol. The van der Waals surface area contributed by atoms with Gasteiger partial charge < -0.3 is 18.9 Å². The van der Waals surface area contributed by atoms with Crippen molar-refractivity contribution in [1.82, 2.24) is 0 Å². The maximum Gasteiger partial charge on any atom is 0.301 e. The molecule has 1 aromatic carbocycles. The quantitative estimate of drug-likeness (QED) is 0.275. The lowest BCUT2D eigenvalue weighted by Crippen LogP contribution is -2.10. The maximum atomic E-state index is 12.4. The summed E-state index contributed by atoms with van der Waals surface area (Å²) in [7, 11) is 0. The molecule has 5 nitrogen and oxygen atoms in total. The van der Waals surface area contributed by atoms with Gasteiger partial charge in [-0.05, 0) is 24.1 Å². The molecule has 0 spiro atoms. The van der Waals surface area contributed by atoms with Crippen molar-refractivity contribution >= 4 is 6.04 Å². The molecule has 1 rings (SSSR count). The van der Waals surface area contributed by atoms with Gasteiger partial charge in [-0.2, -0.15) is 4.39 Å². The third kappa shape index (κ3) is 9.64. The Balaban J connectivity index is 2.62. The van der Waals surface area contributed by atoms with Crippen molar-refractivity contribution in [2.45, 2.75) is 12.8 Å². The van der Waals surface area contributed by atoms with E-state index in [1.807, 2.05) is 0 Å². The summed E-state index contributed by atoms with van der Waals surface area (Å²) in [6, 6.07) is 3.94. The van der Waals surface area contributed by atoms with Gasteiger partial charge >= 0.3 is 6.04 Å². The van der Waals surface area contributed by atoms with Crippen molar-refractivity contribution in [2.24, 2.45) is 0 Å². The van der Waals surface area contributed by atoms with Gasteiger partial charge in [0.15, 0.2) is 11.5 Å². The average molecular weight is 352 g/mol. The number of aryl methyl sites for hydroxylation is 1. The van der Waals surface area contributed by atoms with E-state index in [0.717, 1.165) is 5.56 Å². The minimum atomic E-state index is -1.33. The van der Waals surface area contributed by atoms with Crippen molar-refractivity contribution in [3.63, 3.8) is 0 Å². The van der Waals surface area contributed by atoms with Crippen molar-refractivity contribution < 1.29 is 28.1 Å². The number of hydrogen-bond donors (Lipinski definition) is 0. The van der Waals surface area contributed by atoms with Crippen LogP contribution < -0.4 is 9.47 Å². The van der Waals surface area contributed by atoms with E-state index in [1.165, 1.54) is 0 Å². The van der Waals surface area contributed by atoms with Gasteiger partial charge in [0.25, 0.3) is 0 Å². The summed E-state index contributed by atoms with van der Waals surface area (Å²) >= 11 is 0. The Hall–Kier alpha value is -2.18. The Kier molecular flexibility index (Phi) is 11.0. The molecule has 0 aliphatic rings. The van der Waals surface area contributed by atoms with E-state index in [0.29, 0.717) is 57.6 Å². The van der Waals surface area contributed by atoms with Crippen molar-refractivity contribution in [3.8, 4) is 11.5 Å². The SMILES string of the molecule is C=CCOCCOc1ccc(CCC(=O)F)cc1OCCOCC=C. The van der Waals surface area contributed by atoms with Crippen molar-refractivity contribution in [2.75, 3.05) is 39.6 Å². The molecule has 25 heavy (non-hydrogen) atoms. The van der Waals surface area contributed by atoms with Crippen LogP contribution in [0.1, 0.15) is 12.0 Å². The van der Waals surface area contributed by atoms with Crippen LogP contribution >= 0.6 is 0 Å². The molecular formula is C19H25FO5. The van der Waals surface area contributed by atoms with Gasteiger partial charge in [-0.1, -0.05) is 18.2 Å². The van der Waals surface area contributed by atoms with Crippen LogP contribution in [-0.2, 0) is 20.7 Å². The van der Waals surface area contributed by atoms with Gasteiger partial charge in [-0.15, -0.1) is 13.2 Å². The molecule has 0 saturated heterocycles. The first-order chi connectivity index (χ1) is 12.2. The molecule has 0 saturated carbocycles. The van der Waals surface area contributed by atoms with E-state index >= 15 is 0 Å². The minimum Gasteiger partial charge on any atom is -0.487 e. The Morgan fingerprint density at radius 1 is 0.960 bits per heavy atom. The standard InChI is InChI=1S/C19H25FO5/c1-3-9-22-11-13-24-17-7-5-16(6-8-19(20)21)15-18(17)25-14-12-23-10-4-2/h3-5,7,15H,1-2,6,8-14H2. The van der Waals surface area contributed by atoms with E-state index in [4.69, 9.17) is 18.9 Å². The molecule has 0 heterocycles. The average Bonchev–Trinajstić information content (AvgIpc) is 2.60. The molecule has 6 heteroatoms. The zero-order valence-corrected chi connectivity index (χ0v) is 14.4. The van der Waals surface area contributed by atoms with Crippen LogP contribution in [0.15, 0.2) is 43.5 Å². The lowest BCUT2D eigenvalue weighted by atomic mass is 10.1. The number of rotatable bonds is 15. The zero-order valence-electron chi connectivity index (χ0n) is 14.4. The Morgan fingerprint density at radius 3 is 2.12 bits per heavy atom. The van der Waals surface area contributed by atoms with Gasteiger partial charge in [-0.25, -0.2) is 0 Å². The topological polar surface area (TPSA) is 54.0 Å². The first-order valence-electron chi connectivity index (χ1n) is 8.11. The summed E-state index contributed by atoms with van der Waals surface area (Å²) in [5, 5.41) is 0. The third-order valence-electron chi connectivity index (χ3n) is 3.06. The monoisotopic (exact) mass is 352 g/mol. The summed E-state index contributed by atoms with van der Waals surface area (Å²) in [5.41, 5.74) is 0.795. The van der Waals surface area contributed by atoms with E-state index < -0.39 is 6.04 Å². The zero-order chi connectivity index (χ0) is 18.3. The highest BCUT2D eigenvalue weighted by Crippen LogP contribution is 2.29. The molecule has 0 aromatic heterocycles. The van der Waals surface area contributed by atoms with Gasteiger partial charge in [0.2, 0.25) is 0 Å². The summed E-state index contributed by atoms with van der Waals surface area (Å²) in [6.07, 6.45) is 3.48. The summed E-state index contributed by atoms with van der Waals surface area (Å²) in [6.45, 7) is 9.58. The fourth-order valence-corrected chi connectivity index (χ4v) is 1.94. The van der Waals surface area contributed by atoms with Crippen LogP contribution in [0.25, 0.3) is 0 Å². The van der Waals surface area contributed by atoms with Crippen LogP contribution in [-0.4, -0.2) is 45.7 Å². The van der Waals surface area contributed by atoms with Crippen LogP contribution in [0.5, 0.6) is 11.5 Å². The number of carbonyl (C=O) groups is 1. The number of halogens is 1. The Morgan fingerprint density at radius 2 is 1.56 bits per heavy atom. The van der Waals surface area contributed by atoms with Crippen LogP contribution in [0.2, 0.25) is 0 Å². The molecule has 0 bridgehead atoms. The molecule has 138 valence electrons. The second-order valence-corrected chi connectivity index (χ2v) is 5.06. The van der Waals surface area contributed by atoms with E-state index in [1.54, 1.807) is 30.4 Å². The highest BCUT2D eigenvalue weighted by Gasteiger charge is 2.09. The lowest BCUT2D eigenvalue weighted by Gasteiger charge is -2.14. The van der Waals surface area contributed by atoms with Crippen LogP contribution in [0.4, 0.5) is 4.39 Å². The van der Waals surface area contributed by atoms with Crippen molar-refractivity contribution in [3.05, 3.63) is 49.1 Å². The van der Waals surface area contributed by atoms with Gasteiger partial charge in [-0.3, -0.25) is 4.79 Å². The Labute approximate surface area is 148 Å². The molecule has 0 unspecified atom stereocenters. The van der Waals surface area contributed by atoms with E-state index in [2.05, 4.69) is 13.2 Å². The first-order valence-corrected chi connectivity index (χ1v) is 8.11. The summed E-state index contributed by atoms with van der Waals surface area (Å²) in [4.78, 5) is 10.5. The second kappa shape index (κ2) is 13.1. The molecule has 0 amide bonds. The highest BCUT2D eigenvalue weighted by atomic mass is 19.1. The number of carbonyl (C=O) groups excluding carboxylic acids is 1. The maximum absolute atomic E-state index is 12.4. The smallest absolute Gasteiger partial charge is 0.301 e. The fourth-order valence-electron chi connectivity index (χ4n) is 1.94. The fraction of sp³-hybridized carbons (Fsp3) is 0.421. The largest absolute Gasteiger partial charge is 0.487 e. The number of ether oxygens (including phenoxy) is 4. The van der Waals surface area contributed by atoms with Gasteiger partial charge in [0, 0.05) is 6.42 Å². The molecule has 0 radical (unpaired) electrons. The van der Waals surface area contributed by atoms with E-state index in [-0.39, 0.29) is 6.42 Å². The molecule has 0 N–H and O–H groups in total. The Bertz CT molecular complexity index is 545. The molecule has 1 aromatic rings. The van der Waals surface area contributed by atoms with Gasteiger partial charge in [0.1, 0.15) is 13.2 Å². The number of hydrogen-bond acceptors (Lipinski definition) is 5. The molecule has 0 atom stereocenters. The lowest BCUT2D eigenvalue weighted by molar-refractivity contribution is -0.129. The van der Waals surface area contributed by atoms with Gasteiger partial charge in [0.05, 0.1) is 26.4 Å². The molecular weight excluding hydrogens is 327 g/mol. The summed E-state index contributed by atoms with van der Waals surface area (Å²) in [5.74, 6) is 1.08. The molecule has 0 fully saturated rings. The normalized spacial score (nSPS) is 10.3. The molecule has 0 aliphatic carbocycles. The first kappa shape index (κ1) is 20.9.